The van der Waals surface area contributed by atoms with Crippen LogP contribution in [0.5, 0.6) is 0 Å². The van der Waals surface area contributed by atoms with Crippen molar-refractivity contribution >= 4 is 23.2 Å². The molecule has 128 valence electrons. The van der Waals surface area contributed by atoms with Gasteiger partial charge in [0.25, 0.3) is 5.91 Å². The lowest BCUT2D eigenvalue weighted by molar-refractivity contribution is -0.125. The molecule has 2 amide bonds. The number of aromatic nitrogens is 1. The van der Waals surface area contributed by atoms with Gasteiger partial charge < -0.3 is 14.6 Å². The number of nitrogens with zero attached hydrogens (tertiary/aromatic N) is 2. The number of hydrogen-bond donors (Lipinski definition) is 1. The molecule has 2 aromatic rings. The predicted octanol–water partition coefficient (Wildman–Crippen LogP) is 2.83. The van der Waals surface area contributed by atoms with Gasteiger partial charge in [0.1, 0.15) is 6.04 Å². The van der Waals surface area contributed by atoms with E-state index in [0.29, 0.717) is 13.0 Å². The summed E-state index contributed by atoms with van der Waals surface area (Å²) in [6, 6.07) is 2.74. The van der Waals surface area contributed by atoms with Crippen LogP contribution in [-0.2, 0) is 4.79 Å². The number of thiazole rings is 1. The summed E-state index contributed by atoms with van der Waals surface area (Å²) in [6.07, 6.45) is 2.96. The topological polar surface area (TPSA) is 75.4 Å². The number of hydrogen-bond acceptors (Lipinski definition) is 5. The van der Waals surface area contributed by atoms with Crippen molar-refractivity contribution in [1.29, 1.82) is 0 Å². The lowest BCUT2D eigenvalue weighted by Gasteiger charge is -2.24. The van der Waals surface area contributed by atoms with Crippen molar-refractivity contribution in [3.8, 4) is 0 Å². The highest BCUT2D eigenvalue weighted by Gasteiger charge is 2.36. The van der Waals surface area contributed by atoms with Crippen LogP contribution in [0.3, 0.4) is 0 Å². The molecule has 2 aromatic heterocycles. The van der Waals surface area contributed by atoms with Crippen LogP contribution in [0.25, 0.3) is 0 Å². The summed E-state index contributed by atoms with van der Waals surface area (Å²) in [6.45, 7) is 6.43. The van der Waals surface area contributed by atoms with Crippen molar-refractivity contribution in [3.63, 3.8) is 0 Å². The quantitative estimate of drug-likeness (QED) is 0.923. The maximum atomic E-state index is 12.7. The molecule has 1 saturated heterocycles. The van der Waals surface area contributed by atoms with Gasteiger partial charge >= 0.3 is 0 Å². The van der Waals surface area contributed by atoms with E-state index in [1.807, 2.05) is 20.8 Å². The van der Waals surface area contributed by atoms with Crippen LogP contribution in [0.1, 0.15) is 51.9 Å². The number of nitrogens with one attached hydrogen (secondary N) is 1. The fourth-order valence-electron chi connectivity index (χ4n) is 3.15. The van der Waals surface area contributed by atoms with E-state index < -0.39 is 6.04 Å². The summed E-state index contributed by atoms with van der Waals surface area (Å²) in [5.41, 5.74) is 0.945. The average Bonchev–Trinajstić information content (AvgIpc) is 3.26. The molecule has 0 spiro atoms. The maximum absolute atomic E-state index is 12.7. The molecule has 3 rings (SSSR count). The first kappa shape index (κ1) is 16.7. The Hall–Kier alpha value is -2.15. The maximum Gasteiger partial charge on any atom is 0.290 e. The first-order chi connectivity index (χ1) is 11.5. The van der Waals surface area contributed by atoms with E-state index in [9.17, 15) is 9.59 Å². The van der Waals surface area contributed by atoms with Crippen LogP contribution >= 0.6 is 11.3 Å². The Labute approximate surface area is 144 Å². The van der Waals surface area contributed by atoms with E-state index in [2.05, 4.69) is 10.3 Å². The zero-order chi connectivity index (χ0) is 17.3. The van der Waals surface area contributed by atoms with Crippen molar-refractivity contribution < 1.29 is 14.0 Å². The van der Waals surface area contributed by atoms with Gasteiger partial charge in [-0.3, -0.25) is 9.59 Å². The van der Waals surface area contributed by atoms with Gasteiger partial charge in [-0.2, -0.15) is 0 Å². The lowest BCUT2D eigenvalue weighted by Crippen LogP contribution is -2.46. The molecule has 2 atom stereocenters. The molecule has 0 bridgehead atoms. The van der Waals surface area contributed by atoms with Crippen LogP contribution < -0.4 is 5.32 Å². The minimum atomic E-state index is -0.445. The minimum Gasteiger partial charge on any atom is -0.459 e. The molecule has 0 aromatic carbocycles. The number of furan rings is 1. The molecule has 6 nitrogen and oxygen atoms in total. The third kappa shape index (κ3) is 3.21. The van der Waals surface area contributed by atoms with Gasteiger partial charge in [0.15, 0.2) is 5.76 Å². The molecule has 1 aliphatic rings. The van der Waals surface area contributed by atoms with Crippen molar-refractivity contribution in [2.45, 2.75) is 45.7 Å². The van der Waals surface area contributed by atoms with Crippen molar-refractivity contribution in [1.82, 2.24) is 15.2 Å². The van der Waals surface area contributed by atoms with Crippen LogP contribution in [0.2, 0.25) is 0 Å². The molecule has 3 heterocycles. The highest BCUT2D eigenvalue weighted by molar-refractivity contribution is 7.11. The van der Waals surface area contributed by atoms with Gasteiger partial charge in [-0.15, -0.1) is 11.3 Å². The second kappa shape index (κ2) is 6.76. The molecule has 1 aliphatic heterocycles. The summed E-state index contributed by atoms with van der Waals surface area (Å²) in [5.74, 6) is -0.0721. The van der Waals surface area contributed by atoms with E-state index >= 15 is 0 Å². The van der Waals surface area contributed by atoms with E-state index in [-0.39, 0.29) is 23.6 Å². The van der Waals surface area contributed by atoms with Crippen LogP contribution in [-0.4, -0.2) is 34.3 Å². The standard InChI is InChI=1S/C17H21N3O3S/c1-10-15(24-12(3)18-10)11(2)19-16(21)13-6-4-8-20(13)17(22)14-7-5-9-23-14/h5,7,9,11,13H,4,6,8H2,1-3H3,(H,19,21)/t11-,13+/m1/s1. The minimum absolute atomic E-state index is 0.120. The number of rotatable bonds is 4. The van der Waals surface area contributed by atoms with Gasteiger partial charge in [0.2, 0.25) is 5.91 Å². The van der Waals surface area contributed by atoms with Crippen LogP contribution in [0, 0.1) is 13.8 Å². The number of likely N-dealkylation sites (tertiary alicyclic amines) is 1. The molecule has 0 radical (unpaired) electrons. The fourth-order valence-corrected chi connectivity index (χ4v) is 4.08. The summed E-state index contributed by atoms with van der Waals surface area (Å²) in [4.78, 5) is 32.2. The number of amides is 2. The number of carbonyl (C=O) groups excluding carboxylic acids is 2. The molecule has 0 unspecified atom stereocenters. The molecular formula is C17H21N3O3S. The zero-order valence-corrected chi connectivity index (χ0v) is 14.9. The number of carbonyl (C=O) groups is 2. The molecule has 24 heavy (non-hydrogen) atoms. The Kier molecular flexibility index (Phi) is 4.71. The highest BCUT2D eigenvalue weighted by Crippen LogP contribution is 2.26. The molecule has 1 N–H and O–H groups in total. The first-order valence-electron chi connectivity index (χ1n) is 8.06. The average molecular weight is 347 g/mol. The van der Waals surface area contributed by atoms with Gasteiger partial charge in [0, 0.05) is 11.4 Å². The Morgan fingerprint density at radius 3 is 2.88 bits per heavy atom. The molecule has 0 aliphatic carbocycles. The van der Waals surface area contributed by atoms with Crippen LogP contribution in [0.15, 0.2) is 22.8 Å². The van der Waals surface area contributed by atoms with E-state index in [1.165, 1.54) is 6.26 Å². The third-order valence-electron chi connectivity index (χ3n) is 4.24. The zero-order valence-electron chi connectivity index (χ0n) is 14.0. The predicted molar refractivity (Wildman–Crippen MR) is 90.9 cm³/mol. The smallest absolute Gasteiger partial charge is 0.290 e. The fraction of sp³-hybridized carbons (Fsp3) is 0.471. The molecule has 7 heteroatoms. The third-order valence-corrected chi connectivity index (χ3v) is 5.50. The second-order valence-corrected chi connectivity index (χ2v) is 7.28. The SMILES string of the molecule is Cc1nc(C)c([C@@H](C)NC(=O)[C@@H]2CCCN2C(=O)c2ccco2)s1. The Morgan fingerprint density at radius 1 is 1.46 bits per heavy atom. The Morgan fingerprint density at radius 2 is 2.25 bits per heavy atom. The Bertz CT molecular complexity index is 738. The Balaban J connectivity index is 1.69. The van der Waals surface area contributed by atoms with E-state index in [0.717, 1.165) is 22.0 Å². The summed E-state index contributed by atoms with van der Waals surface area (Å²) < 4.78 is 5.18. The summed E-state index contributed by atoms with van der Waals surface area (Å²) in [7, 11) is 0. The normalized spacial score (nSPS) is 18.6. The van der Waals surface area contributed by atoms with Gasteiger partial charge in [-0.05, 0) is 45.7 Å². The second-order valence-electron chi connectivity index (χ2n) is 6.05. The van der Waals surface area contributed by atoms with Crippen LogP contribution in [0.4, 0.5) is 0 Å². The van der Waals surface area contributed by atoms with Crippen molar-refractivity contribution in [2.24, 2.45) is 0 Å². The first-order valence-corrected chi connectivity index (χ1v) is 8.88. The molecule has 1 fully saturated rings. The highest BCUT2D eigenvalue weighted by atomic mass is 32.1. The monoisotopic (exact) mass is 347 g/mol. The van der Waals surface area contributed by atoms with Crippen molar-refractivity contribution in [2.75, 3.05) is 6.54 Å². The summed E-state index contributed by atoms with van der Waals surface area (Å²) in [5, 5.41) is 4.01. The van der Waals surface area contributed by atoms with E-state index in [4.69, 9.17) is 4.42 Å². The van der Waals surface area contributed by atoms with Gasteiger partial charge in [-0.25, -0.2) is 4.98 Å². The number of aryl methyl sites for hydroxylation is 2. The van der Waals surface area contributed by atoms with Gasteiger partial charge in [0.05, 0.1) is 23.0 Å². The van der Waals surface area contributed by atoms with Crippen molar-refractivity contribution in [3.05, 3.63) is 39.7 Å². The lowest BCUT2D eigenvalue weighted by atomic mass is 10.1. The molecule has 0 saturated carbocycles. The summed E-state index contributed by atoms with van der Waals surface area (Å²) >= 11 is 1.59. The van der Waals surface area contributed by atoms with Gasteiger partial charge in [-0.1, -0.05) is 0 Å². The largest absolute Gasteiger partial charge is 0.459 e. The van der Waals surface area contributed by atoms with E-state index in [1.54, 1.807) is 28.4 Å². The molecular weight excluding hydrogens is 326 g/mol.